The molecule has 0 spiro atoms. The highest BCUT2D eigenvalue weighted by molar-refractivity contribution is 5.78. The van der Waals surface area contributed by atoms with Crippen molar-refractivity contribution in [2.45, 2.75) is 33.1 Å². The fraction of sp³-hybridized carbons (Fsp3) is 0.600. The zero-order valence-electron chi connectivity index (χ0n) is 7.39. The number of ketones is 1. The highest BCUT2D eigenvalue weighted by Crippen LogP contribution is 2.04. The van der Waals surface area contributed by atoms with Crippen LogP contribution in [0, 0.1) is 5.92 Å². The SMILES string of the molecule is C=C=CCCC(=O)CC(C)C. The van der Waals surface area contributed by atoms with Crippen LogP contribution in [0.5, 0.6) is 0 Å². The molecule has 0 saturated heterocycles. The van der Waals surface area contributed by atoms with Gasteiger partial charge in [-0.3, -0.25) is 4.79 Å². The van der Waals surface area contributed by atoms with Crippen LogP contribution < -0.4 is 0 Å². The zero-order valence-corrected chi connectivity index (χ0v) is 7.39. The van der Waals surface area contributed by atoms with Crippen molar-refractivity contribution in [3.63, 3.8) is 0 Å². The molecular formula is C10H16O. The van der Waals surface area contributed by atoms with Gasteiger partial charge in [-0.2, -0.15) is 0 Å². The lowest BCUT2D eigenvalue weighted by atomic mass is 10.0. The fourth-order valence-corrected chi connectivity index (χ4v) is 0.893. The van der Waals surface area contributed by atoms with E-state index in [1.807, 2.05) is 0 Å². The summed E-state index contributed by atoms with van der Waals surface area (Å²) in [5, 5.41) is 0. The first-order valence-electron chi connectivity index (χ1n) is 4.02. The van der Waals surface area contributed by atoms with Crippen molar-refractivity contribution < 1.29 is 4.79 Å². The standard InChI is InChI=1S/C10H16O/c1-4-5-6-7-10(11)8-9(2)3/h5,9H,1,6-8H2,2-3H3. The molecule has 0 amide bonds. The summed E-state index contributed by atoms with van der Waals surface area (Å²) in [5.41, 5.74) is 2.65. The van der Waals surface area contributed by atoms with Crippen molar-refractivity contribution in [1.82, 2.24) is 0 Å². The fourth-order valence-electron chi connectivity index (χ4n) is 0.893. The first-order chi connectivity index (χ1) is 5.16. The monoisotopic (exact) mass is 152 g/mol. The van der Waals surface area contributed by atoms with Crippen LogP contribution in [-0.2, 0) is 4.79 Å². The molecule has 0 atom stereocenters. The number of carbonyl (C=O) groups excluding carboxylic acids is 1. The van der Waals surface area contributed by atoms with Crippen LogP contribution in [0.3, 0.4) is 0 Å². The maximum absolute atomic E-state index is 11.1. The molecule has 0 N–H and O–H groups in total. The Labute approximate surface area is 68.8 Å². The minimum absolute atomic E-state index is 0.339. The molecule has 1 heteroatoms. The van der Waals surface area contributed by atoms with Gasteiger partial charge in [0.25, 0.3) is 0 Å². The van der Waals surface area contributed by atoms with Gasteiger partial charge in [0.2, 0.25) is 0 Å². The maximum Gasteiger partial charge on any atom is 0.133 e. The van der Waals surface area contributed by atoms with E-state index < -0.39 is 0 Å². The van der Waals surface area contributed by atoms with Crippen LogP contribution in [0.2, 0.25) is 0 Å². The summed E-state index contributed by atoms with van der Waals surface area (Å²) in [6.07, 6.45) is 3.93. The molecule has 0 saturated carbocycles. The smallest absolute Gasteiger partial charge is 0.133 e. The van der Waals surface area contributed by atoms with Crippen molar-refractivity contribution in [1.29, 1.82) is 0 Å². The first-order valence-corrected chi connectivity index (χ1v) is 4.02. The van der Waals surface area contributed by atoms with Gasteiger partial charge in [-0.05, 0) is 18.4 Å². The van der Waals surface area contributed by atoms with Gasteiger partial charge >= 0.3 is 0 Å². The Morgan fingerprint density at radius 1 is 1.64 bits per heavy atom. The Morgan fingerprint density at radius 2 is 2.27 bits per heavy atom. The van der Waals surface area contributed by atoms with E-state index in [-0.39, 0.29) is 0 Å². The summed E-state index contributed by atoms with van der Waals surface area (Å²) in [4.78, 5) is 11.1. The summed E-state index contributed by atoms with van der Waals surface area (Å²) >= 11 is 0. The van der Waals surface area contributed by atoms with E-state index in [1.54, 1.807) is 6.08 Å². The molecule has 0 aliphatic rings. The Hall–Kier alpha value is -0.810. The summed E-state index contributed by atoms with van der Waals surface area (Å²) in [6.45, 7) is 7.54. The molecule has 0 unspecified atom stereocenters. The number of hydrogen-bond donors (Lipinski definition) is 0. The van der Waals surface area contributed by atoms with Crippen molar-refractivity contribution in [3.8, 4) is 0 Å². The van der Waals surface area contributed by atoms with E-state index >= 15 is 0 Å². The quantitative estimate of drug-likeness (QED) is 0.553. The Kier molecular flexibility index (Phi) is 5.50. The lowest BCUT2D eigenvalue weighted by Gasteiger charge is -2.00. The predicted molar refractivity (Wildman–Crippen MR) is 47.4 cm³/mol. The maximum atomic E-state index is 11.1. The lowest BCUT2D eigenvalue weighted by molar-refractivity contribution is -0.119. The van der Waals surface area contributed by atoms with Crippen LogP contribution >= 0.6 is 0 Å². The van der Waals surface area contributed by atoms with Gasteiger partial charge in [0, 0.05) is 12.8 Å². The minimum Gasteiger partial charge on any atom is -0.300 e. The van der Waals surface area contributed by atoms with Gasteiger partial charge in [0.15, 0.2) is 0 Å². The molecule has 0 aromatic heterocycles. The summed E-state index contributed by atoms with van der Waals surface area (Å²) < 4.78 is 0. The summed E-state index contributed by atoms with van der Waals surface area (Å²) in [6, 6.07) is 0. The normalized spacial score (nSPS) is 9.36. The molecule has 0 aliphatic carbocycles. The number of Topliss-reactive ketones (excluding diaryl/α,β-unsaturated/α-hetero) is 1. The van der Waals surface area contributed by atoms with Gasteiger partial charge in [0.1, 0.15) is 5.78 Å². The van der Waals surface area contributed by atoms with Crippen molar-refractivity contribution in [2.24, 2.45) is 5.92 Å². The van der Waals surface area contributed by atoms with E-state index in [1.165, 1.54) is 0 Å². The predicted octanol–water partition coefficient (Wildman–Crippen LogP) is 2.72. The third-order valence-electron chi connectivity index (χ3n) is 1.35. The Bertz CT molecular complexity index is 162. The molecule has 0 heterocycles. The van der Waals surface area contributed by atoms with E-state index in [0.717, 1.165) is 6.42 Å². The van der Waals surface area contributed by atoms with Gasteiger partial charge in [0.05, 0.1) is 0 Å². The molecule has 0 rings (SSSR count). The minimum atomic E-state index is 0.339. The van der Waals surface area contributed by atoms with Gasteiger partial charge in [-0.1, -0.05) is 20.4 Å². The van der Waals surface area contributed by atoms with E-state index in [9.17, 15) is 4.79 Å². The first kappa shape index (κ1) is 10.2. The second kappa shape index (κ2) is 5.94. The number of carbonyl (C=O) groups is 1. The number of allylic oxidation sites excluding steroid dienone is 1. The van der Waals surface area contributed by atoms with Crippen molar-refractivity contribution in [3.05, 3.63) is 18.4 Å². The second-order valence-electron chi connectivity index (χ2n) is 3.08. The molecule has 11 heavy (non-hydrogen) atoms. The largest absolute Gasteiger partial charge is 0.300 e. The van der Waals surface area contributed by atoms with Crippen molar-refractivity contribution in [2.75, 3.05) is 0 Å². The Morgan fingerprint density at radius 3 is 2.73 bits per heavy atom. The van der Waals surface area contributed by atoms with Gasteiger partial charge in [-0.15, -0.1) is 5.73 Å². The molecule has 0 aromatic rings. The van der Waals surface area contributed by atoms with Gasteiger partial charge < -0.3 is 0 Å². The van der Waals surface area contributed by atoms with E-state index in [4.69, 9.17) is 0 Å². The Balaban J connectivity index is 3.45. The molecule has 0 bridgehead atoms. The van der Waals surface area contributed by atoms with Crippen LogP contribution in [0.25, 0.3) is 0 Å². The van der Waals surface area contributed by atoms with Crippen LogP contribution in [0.4, 0.5) is 0 Å². The average molecular weight is 152 g/mol. The molecule has 0 aliphatic heterocycles. The molecular weight excluding hydrogens is 136 g/mol. The lowest BCUT2D eigenvalue weighted by Crippen LogP contribution is -2.01. The average Bonchev–Trinajstić information content (AvgIpc) is 1.86. The van der Waals surface area contributed by atoms with Gasteiger partial charge in [-0.25, -0.2) is 0 Å². The van der Waals surface area contributed by atoms with E-state index in [0.29, 0.717) is 24.5 Å². The van der Waals surface area contributed by atoms with Crippen LogP contribution in [-0.4, -0.2) is 5.78 Å². The number of rotatable bonds is 5. The molecule has 62 valence electrons. The molecule has 0 fully saturated rings. The van der Waals surface area contributed by atoms with Crippen molar-refractivity contribution >= 4 is 5.78 Å². The zero-order chi connectivity index (χ0) is 8.69. The molecule has 0 radical (unpaired) electrons. The summed E-state index contributed by atoms with van der Waals surface area (Å²) in [5.74, 6) is 0.821. The summed E-state index contributed by atoms with van der Waals surface area (Å²) in [7, 11) is 0. The molecule has 1 nitrogen and oxygen atoms in total. The van der Waals surface area contributed by atoms with E-state index in [2.05, 4.69) is 26.2 Å². The third-order valence-corrected chi connectivity index (χ3v) is 1.35. The topological polar surface area (TPSA) is 17.1 Å². The highest BCUT2D eigenvalue weighted by Gasteiger charge is 2.02. The number of hydrogen-bond acceptors (Lipinski definition) is 1. The highest BCUT2D eigenvalue weighted by atomic mass is 16.1. The van der Waals surface area contributed by atoms with Crippen LogP contribution in [0.1, 0.15) is 33.1 Å². The third kappa shape index (κ3) is 7.08. The molecule has 0 aromatic carbocycles. The second-order valence-corrected chi connectivity index (χ2v) is 3.08. The van der Waals surface area contributed by atoms with Crippen LogP contribution in [0.15, 0.2) is 18.4 Å².